The number of carbonyl (C=O) groups excluding carboxylic acids is 1. The second-order valence-corrected chi connectivity index (χ2v) is 11.0. The minimum absolute atomic E-state index is 0.0874. The van der Waals surface area contributed by atoms with Gasteiger partial charge < -0.3 is 5.32 Å². The van der Waals surface area contributed by atoms with Crippen LogP contribution in [-0.4, -0.2) is 37.9 Å². The number of amides is 1. The summed E-state index contributed by atoms with van der Waals surface area (Å²) in [5, 5.41) is 2.91. The van der Waals surface area contributed by atoms with E-state index in [9.17, 15) is 13.2 Å². The van der Waals surface area contributed by atoms with Gasteiger partial charge in [-0.05, 0) is 82.4 Å². The quantitative estimate of drug-likeness (QED) is 0.685. The zero-order valence-corrected chi connectivity index (χ0v) is 19.7. The first-order chi connectivity index (χ1) is 14.5. The lowest BCUT2D eigenvalue weighted by Gasteiger charge is -2.20. The number of nitrogens with one attached hydrogen (secondary N) is 2. The molecule has 7 heteroatoms. The number of nitrogens with zero attached hydrogens (tertiary/aromatic N) is 1. The summed E-state index contributed by atoms with van der Waals surface area (Å²) in [6, 6.07) is 12.9. The van der Waals surface area contributed by atoms with Gasteiger partial charge in [-0.2, -0.15) is 0 Å². The molecule has 0 spiro atoms. The van der Waals surface area contributed by atoms with Crippen molar-refractivity contribution in [2.45, 2.75) is 64.1 Å². The maximum absolute atomic E-state index is 12.8. The van der Waals surface area contributed by atoms with Crippen LogP contribution in [0.5, 0.6) is 0 Å². The first-order valence-corrected chi connectivity index (χ1v) is 12.2. The van der Waals surface area contributed by atoms with Crippen LogP contribution in [0.2, 0.25) is 0 Å². The lowest BCUT2D eigenvalue weighted by Crippen LogP contribution is -2.40. The number of hydrogen-bond donors (Lipinski definition) is 2. The van der Waals surface area contributed by atoms with Crippen LogP contribution in [-0.2, 0) is 23.1 Å². The van der Waals surface area contributed by atoms with Crippen LogP contribution in [0.25, 0.3) is 0 Å². The van der Waals surface area contributed by atoms with Crippen molar-refractivity contribution in [3.63, 3.8) is 0 Å². The average molecular weight is 444 g/mol. The third-order valence-corrected chi connectivity index (χ3v) is 7.04. The predicted molar refractivity (Wildman–Crippen MR) is 123 cm³/mol. The third-order valence-electron chi connectivity index (χ3n) is 5.29. The molecule has 31 heavy (non-hydrogen) atoms. The fourth-order valence-corrected chi connectivity index (χ4v) is 5.16. The van der Waals surface area contributed by atoms with Gasteiger partial charge in [0, 0.05) is 24.2 Å². The Morgan fingerprint density at radius 3 is 2.23 bits per heavy atom. The highest BCUT2D eigenvalue weighted by Crippen LogP contribution is 2.18. The summed E-state index contributed by atoms with van der Waals surface area (Å²) >= 11 is 0. The van der Waals surface area contributed by atoms with Crippen LogP contribution >= 0.6 is 0 Å². The number of likely N-dealkylation sites (tertiary alicyclic amines) is 1. The molecule has 2 aromatic rings. The average Bonchev–Trinajstić information content (AvgIpc) is 3.18. The summed E-state index contributed by atoms with van der Waals surface area (Å²) in [4.78, 5) is 15.3. The van der Waals surface area contributed by atoms with Crippen molar-refractivity contribution in [2.75, 3.05) is 13.1 Å². The Balaban J connectivity index is 1.65. The summed E-state index contributed by atoms with van der Waals surface area (Å²) < 4.78 is 27.9. The van der Waals surface area contributed by atoms with E-state index in [2.05, 4.69) is 27.1 Å². The molecule has 0 aromatic heterocycles. The number of carbonyl (C=O) groups is 1. The molecule has 0 saturated carbocycles. The fourth-order valence-electron chi connectivity index (χ4n) is 3.71. The van der Waals surface area contributed by atoms with Crippen molar-refractivity contribution < 1.29 is 13.2 Å². The Morgan fingerprint density at radius 2 is 1.61 bits per heavy atom. The maximum Gasteiger partial charge on any atom is 0.251 e. The predicted octanol–water partition coefficient (Wildman–Crippen LogP) is 3.60. The second-order valence-electron chi connectivity index (χ2n) is 9.31. The van der Waals surface area contributed by atoms with E-state index in [1.807, 2.05) is 12.1 Å². The molecule has 1 amide bonds. The molecule has 2 aromatic carbocycles. The van der Waals surface area contributed by atoms with Crippen molar-refractivity contribution in [1.82, 2.24) is 14.9 Å². The van der Waals surface area contributed by atoms with E-state index in [0.717, 1.165) is 30.8 Å². The zero-order chi connectivity index (χ0) is 22.6. The van der Waals surface area contributed by atoms with E-state index in [-0.39, 0.29) is 10.8 Å². The van der Waals surface area contributed by atoms with Gasteiger partial charge in [0.05, 0.1) is 4.90 Å². The van der Waals surface area contributed by atoms with Crippen LogP contribution in [0.15, 0.2) is 47.4 Å². The Bertz CT molecular complexity index is 1020. The van der Waals surface area contributed by atoms with E-state index in [4.69, 9.17) is 0 Å². The summed E-state index contributed by atoms with van der Waals surface area (Å²) in [6.45, 7) is 10.8. The molecule has 0 atom stereocenters. The lowest BCUT2D eigenvalue weighted by molar-refractivity contribution is 0.0950. The number of rotatable bonds is 7. The lowest BCUT2D eigenvalue weighted by atomic mass is 10.1. The van der Waals surface area contributed by atoms with E-state index in [1.54, 1.807) is 33.8 Å². The number of benzene rings is 2. The Labute approximate surface area is 186 Å². The smallest absolute Gasteiger partial charge is 0.251 e. The molecule has 2 N–H and O–H groups in total. The van der Waals surface area contributed by atoms with E-state index in [0.29, 0.717) is 12.1 Å². The first kappa shape index (κ1) is 23.4. The van der Waals surface area contributed by atoms with Gasteiger partial charge in [-0.25, -0.2) is 13.1 Å². The molecule has 0 unspecified atom stereocenters. The van der Waals surface area contributed by atoms with E-state index >= 15 is 0 Å². The molecular formula is C24H33N3O3S. The summed E-state index contributed by atoms with van der Waals surface area (Å²) in [5.41, 5.74) is 2.77. The minimum atomic E-state index is -3.71. The highest BCUT2D eigenvalue weighted by molar-refractivity contribution is 7.89. The molecule has 1 aliphatic rings. The molecule has 0 aliphatic carbocycles. The second kappa shape index (κ2) is 9.51. The molecule has 0 bridgehead atoms. The van der Waals surface area contributed by atoms with Gasteiger partial charge in [-0.1, -0.05) is 30.3 Å². The number of hydrogen-bond acceptors (Lipinski definition) is 4. The fraction of sp³-hybridized carbons (Fsp3) is 0.458. The molecule has 3 rings (SSSR count). The highest BCUT2D eigenvalue weighted by atomic mass is 32.2. The molecule has 168 valence electrons. The van der Waals surface area contributed by atoms with Crippen LogP contribution in [0.3, 0.4) is 0 Å². The van der Waals surface area contributed by atoms with Crippen molar-refractivity contribution in [3.8, 4) is 0 Å². The first-order valence-electron chi connectivity index (χ1n) is 10.8. The van der Waals surface area contributed by atoms with Gasteiger partial charge in [0.25, 0.3) is 5.91 Å². The molecule has 1 aliphatic heterocycles. The van der Waals surface area contributed by atoms with Gasteiger partial charge >= 0.3 is 0 Å². The van der Waals surface area contributed by atoms with E-state index in [1.165, 1.54) is 30.5 Å². The third kappa shape index (κ3) is 6.63. The summed E-state index contributed by atoms with van der Waals surface area (Å²) in [6.07, 6.45) is 2.55. The van der Waals surface area contributed by atoms with Gasteiger partial charge in [-0.3, -0.25) is 9.69 Å². The Kier molecular flexibility index (Phi) is 7.19. The van der Waals surface area contributed by atoms with Crippen LogP contribution in [0.1, 0.15) is 60.7 Å². The summed E-state index contributed by atoms with van der Waals surface area (Å²) in [7, 11) is -3.71. The van der Waals surface area contributed by atoms with Crippen molar-refractivity contribution in [3.05, 3.63) is 64.7 Å². The van der Waals surface area contributed by atoms with Crippen molar-refractivity contribution in [2.24, 2.45) is 0 Å². The normalized spacial score (nSPS) is 15.2. The van der Waals surface area contributed by atoms with Crippen LogP contribution in [0.4, 0.5) is 0 Å². The molecule has 1 fully saturated rings. The van der Waals surface area contributed by atoms with Gasteiger partial charge in [0.15, 0.2) is 0 Å². The highest BCUT2D eigenvalue weighted by Gasteiger charge is 2.23. The molecular weight excluding hydrogens is 410 g/mol. The standard InChI is InChI=1S/C24H33N3O3S/c1-18-7-12-21(31(29,30)26-24(2,3)4)15-22(18)23(28)25-16-19-8-10-20(11-9-19)17-27-13-5-6-14-27/h7-12,15,26H,5-6,13-14,16-17H2,1-4H3,(H,25,28). The van der Waals surface area contributed by atoms with Crippen LogP contribution in [0, 0.1) is 6.92 Å². The Hall–Kier alpha value is -2.22. The number of sulfonamides is 1. The van der Waals surface area contributed by atoms with Crippen molar-refractivity contribution >= 4 is 15.9 Å². The molecule has 1 saturated heterocycles. The van der Waals surface area contributed by atoms with Crippen LogP contribution < -0.4 is 10.0 Å². The largest absolute Gasteiger partial charge is 0.348 e. The number of aryl methyl sites for hydroxylation is 1. The summed E-state index contributed by atoms with van der Waals surface area (Å²) in [5.74, 6) is -0.286. The van der Waals surface area contributed by atoms with Gasteiger partial charge in [0.2, 0.25) is 10.0 Å². The van der Waals surface area contributed by atoms with E-state index < -0.39 is 15.6 Å². The molecule has 1 heterocycles. The molecule has 6 nitrogen and oxygen atoms in total. The Morgan fingerprint density at radius 1 is 1.00 bits per heavy atom. The van der Waals surface area contributed by atoms with Gasteiger partial charge in [0.1, 0.15) is 0 Å². The minimum Gasteiger partial charge on any atom is -0.348 e. The monoisotopic (exact) mass is 443 g/mol. The van der Waals surface area contributed by atoms with Gasteiger partial charge in [-0.15, -0.1) is 0 Å². The van der Waals surface area contributed by atoms with Crippen molar-refractivity contribution in [1.29, 1.82) is 0 Å². The maximum atomic E-state index is 12.8. The topological polar surface area (TPSA) is 78.5 Å². The molecule has 0 radical (unpaired) electrons. The zero-order valence-electron chi connectivity index (χ0n) is 18.9. The SMILES string of the molecule is Cc1ccc(S(=O)(=O)NC(C)(C)C)cc1C(=O)NCc1ccc(CN2CCCC2)cc1.